The first-order valence-corrected chi connectivity index (χ1v) is 28.1. The van der Waals surface area contributed by atoms with Crippen molar-refractivity contribution in [1.29, 1.82) is 5.26 Å². The zero-order valence-corrected chi connectivity index (χ0v) is 45.5. The molecule has 3 aromatic heterocycles. The monoisotopic (exact) mass is 1090 g/mol. The molecule has 0 aliphatic carbocycles. The highest BCUT2D eigenvalue weighted by Gasteiger charge is 2.47. The molecule has 6 aromatic rings. The van der Waals surface area contributed by atoms with Crippen LogP contribution in [0.15, 0.2) is 65.3 Å². The zero-order valence-electron chi connectivity index (χ0n) is 43.9. The number of hydrogen-bond donors (Lipinski definition) is 1. The Morgan fingerprint density at radius 3 is 2.53 bits per heavy atom. The van der Waals surface area contributed by atoms with Gasteiger partial charge in [-0.25, -0.2) is 13.8 Å². The number of fused-ring (bicyclic) bond motifs is 7. The van der Waals surface area contributed by atoms with Crippen molar-refractivity contribution in [3.8, 4) is 29.0 Å². The quantitative estimate of drug-likeness (QED) is 0.0656. The summed E-state index contributed by atoms with van der Waals surface area (Å²) in [5.74, 6) is -1.18. The first-order chi connectivity index (χ1) is 37.8. The topological polar surface area (TPSA) is 180 Å². The summed E-state index contributed by atoms with van der Waals surface area (Å²) in [5.41, 5.74) is 12.6. The number of aromatic nitrogens is 3. The lowest BCUT2D eigenvalue weighted by Crippen LogP contribution is -2.56. The standard InChI is InChI=1S/C59H58ClF2N9O6S/c1-5-32(28-75-35-12-15-46-40(20-35)36(6-2)43-26-69(30-72)47(51(43)65-46)22-39-31(4)27-76-57(74)37(39)7-3)56(73)71-33-10-11-34(71)25-68(24-33)55-41-21-44(60)49(38-13-14-45(61)53-48(38)42(23-63)54(64)78-53)50(62)52(41)66-58(67-55)77-29-59-16-8-18-70(59)19-9-17-59/h5,12-15,20-22,30,33-34,37H,6-11,16-19,24-29,64H2,1-4H3/b32-5+,47-22-. The Balaban J connectivity index is 0.818. The van der Waals surface area contributed by atoms with E-state index in [4.69, 9.17) is 46.5 Å². The minimum Gasteiger partial charge on any atom is -0.489 e. The number of esters is 1. The summed E-state index contributed by atoms with van der Waals surface area (Å²) in [6, 6.07) is 11.6. The third-order valence-electron chi connectivity index (χ3n) is 17.2. The number of hydrogen-bond acceptors (Lipinski definition) is 14. The fourth-order valence-corrected chi connectivity index (χ4v) is 14.5. The van der Waals surface area contributed by atoms with Crippen LogP contribution >= 0.6 is 22.9 Å². The van der Waals surface area contributed by atoms with Gasteiger partial charge in [0.2, 0.25) is 6.41 Å². The van der Waals surface area contributed by atoms with Crippen LogP contribution in [0, 0.1) is 28.9 Å². The molecule has 2 bridgehead atoms. The molecule has 0 spiro atoms. The molecule has 402 valence electrons. The summed E-state index contributed by atoms with van der Waals surface area (Å²) in [6.07, 6.45) is 11.3. The first-order valence-electron chi connectivity index (χ1n) is 26.9. The van der Waals surface area contributed by atoms with Gasteiger partial charge >= 0.3 is 12.0 Å². The predicted molar refractivity (Wildman–Crippen MR) is 296 cm³/mol. The largest absolute Gasteiger partial charge is 0.489 e. The Morgan fingerprint density at radius 1 is 1.05 bits per heavy atom. The third-order valence-corrected chi connectivity index (χ3v) is 18.5. The van der Waals surface area contributed by atoms with Crippen molar-refractivity contribution >= 4 is 89.6 Å². The van der Waals surface area contributed by atoms with Gasteiger partial charge in [-0.1, -0.05) is 37.6 Å². The number of nitrogens with zero attached hydrogens (tertiary/aromatic N) is 8. The molecule has 6 aliphatic heterocycles. The van der Waals surface area contributed by atoms with E-state index in [9.17, 15) is 19.6 Å². The number of piperazine rings is 1. The van der Waals surface area contributed by atoms with Crippen molar-refractivity contribution in [2.45, 2.75) is 103 Å². The number of cyclic esters (lactones) is 1. The second-order valence-electron chi connectivity index (χ2n) is 21.4. The molecule has 78 heavy (non-hydrogen) atoms. The number of ether oxygens (including phenoxy) is 3. The third kappa shape index (κ3) is 8.42. The van der Waals surface area contributed by atoms with Crippen LogP contribution in [-0.2, 0) is 32.1 Å². The summed E-state index contributed by atoms with van der Waals surface area (Å²) in [4.78, 5) is 63.0. The van der Waals surface area contributed by atoms with Gasteiger partial charge in [0.15, 0.2) is 5.82 Å². The van der Waals surface area contributed by atoms with Gasteiger partial charge in [-0.2, -0.15) is 15.2 Å². The number of nitriles is 1. The maximum absolute atomic E-state index is 17.6. The van der Waals surface area contributed by atoms with E-state index in [-0.39, 0.29) is 91.0 Å². The van der Waals surface area contributed by atoms with Crippen LogP contribution in [0.25, 0.3) is 48.7 Å². The lowest BCUT2D eigenvalue weighted by molar-refractivity contribution is -0.147. The number of carbonyl (C=O) groups excluding carboxylic acids is 3. The van der Waals surface area contributed by atoms with E-state index < -0.39 is 17.6 Å². The van der Waals surface area contributed by atoms with E-state index >= 15 is 8.78 Å². The van der Waals surface area contributed by atoms with E-state index in [2.05, 4.69) is 22.8 Å². The minimum absolute atomic E-state index is 0.0190. The number of allylic oxidation sites excluding steroid dienone is 2. The van der Waals surface area contributed by atoms with Crippen LogP contribution in [0.1, 0.15) is 95.0 Å². The highest BCUT2D eigenvalue weighted by molar-refractivity contribution is 7.23. The Labute approximate surface area is 458 Å². The van der Waals surface area contributed by atoms with Crippen molar-refractivity contribution in [2.24, 2.45) is 5.92 Å². The fourth-order valence-electron chi connectivity index (χ4n) is 13.3. The first kappa shape index (κ1) is 51.6. The van der Waals surface area contributed by atoms with Gasteiger partial charge in [0, 0.05) is 40.4 Å². The molecule has 0 radical (unpaired) electrons. The number of halogens is 3. The Kier molecular flexibility index (Phi) is 13.4. The highest BCUT2D eigenvalue weighted by atomic mass is 35.5. The summed E-state index contributed by atoms with van der Waals surface area (Å²) in [6.45, 7) is 11.5. The molecule has 0 saturated carbocycles. The van der Waals surface area contributed by atoms with Gasteiger partial charge in [0.05, 0.1) is 67.9 Å². The van der Waals surface area contributed by atoms with Crippen molar-refractivity contribution < 1.29 is 37.4 Å². The van der Waals surface area contributed by atoms with Crippen LogP contribution in [0.3, 0.4) is 0 Å². The Hall–Kier alpha value is -7.20. The number of nitrogen functional groups attached to an aromatic ring is 1. The average Bonchev–Trinajstić information content (AvgIpc) is 4.35. The minimum atomic E-state index is -0.768. The van der Waals surface area contributed by atoms with E-state index in [1.54, 1.807) is 17.0 Å². The molecular weight excluding hydrogens is 1040 g/mol. The molecule has 9 heterocycles. The van der Waals surface area contributed by atoms with Crippen molar-refractivity contribution in [3.63, 3.8) is 0 Å². The number of rotatable bonds is 13. The predicted octanol–water partition coefficient (Wildman–Crippen LogP) is 10.4. The van der Waals surface area contributed by atoms with E-state index in [0.717, 1.165) is 103 Å². The number of thiophene rings is 1. The van der Waals surface area contributed by atoms with Crippen molar-refractivity contribution in [3.05, 3.63) is 104 Å². The molecule has 4 saturated heterocycles. The van der Waals surface area contributed by atoms with Gasteiger partial charge in [-0.05, 0) is 137 Å². The smallest absolute Gasteiger partial charge is 0.319 e. The number of pyridine rings is 1. The summed E-state index contributed by atoms with van der Waals surface area (Å²) < 4.78 is 51.3. The zero-order chi connectivity index (χ0) is 54.3. The van der Waals surface area contributed by atoms with Crippen LogP contribution in [-0.4, -0.2) is 112 Å². The second kappa shape index (κ2) is 20.2. The van der Waals surface area contributed by atoms with Crippen LogP contribution < -0.4 is 20.1 Å². The molecule has 2 N–H and O–H groups in total. The van der Waals surface area contributed by atoms with E-state index in [1.165, 1.54) is 12.1 Å². The molecule has 6 aliphatic rings. The number of carbonyl (C=O) groups is 3. The van der Waals surface area contributed by atoms with Crippen LogP contribution in [0.4, 0.5) is 19.6 Å². The molecule has 15 nitrogen and oxygen atoms in total. The molecule has 4 fully saturated rings. The summed E-state index contributed by atoms with van der Waals surface area (Å²) in [7, 11) is 0. The lowest BCUT2D eigenvalue weighted by atomic mass is 9.89. The second-order valence-corrected chi connectivity index (χ2v) is 22.8. The maximum atomic E-state index is 17.6. The molecule has 19 heteroatoms. The van der Waals surface area contributed by atoms with Gasteiger partial charge in [0.25, 0.3) is 5.91 Å². The number of anilines is 2. The molecule has 12 rings (SSSR count). The summed E-state index contributed by atoms with van der Waals surface area (Å²) in [5, 5.41) is 11.7. The SMILES string of the molecule is C/C=C(\COc1ccc2nc3c(c(CC)c2c1)CN(C=O)/C3=C\C1=C(C)COC(=O)C1CC)C(=O)N1C2CCC1CN(c1nc(OCC34CCCN3CCC4)nc3c(F)c(-c4ccc(F)c5sc(N)c(C#N)c45)c(Cl)cc13)C2. The average molecular weight is 1090 g/mol. The normalized spacial score (nSPS) is 21.5. The molecule has 3 aromatic carbocycles. The fraction of sp³-hybridized carbons (Fsp3) is 0.407. The summed E-state index contributed by atoms with van der Waals surface area (Å²) >= 11 is 8.00. The van der Waals surface area contributed by atoms with E-state index in [1.807, 2.05) is 49.9 Å². The molecule has 3 unspecified atom stereocenters. The molecule has 2 amide bonds. The molecular formula is C59H58ClF2N9O6S. The Bertz CT molecular complexity index is 3660. The lowest BCUT2D eigenvalue weighted by Gasteiger charge is -2.42. The van der Waals surface area contributed by atoms with Crippen molar-refractivity contribution in [2.75, 3.05) is 56.6 Å². The van der Waals surface area contributed by atoms with E-state index in [0.29, 0.717) is 73.0 Å². The number of amides is 2. The molecule has 3 atom stereocenters. The number of benzene rings is 3. The van der Waals surface area contributed by atoms with Gasteiger partial charge < -0.3 is 34.6 Å². The van der Waals surface area contributed by atoms with Gasteiger partial charge in [-0.15, -0.1) is 11.3 Å². The van der Waals surface area contributed by atoms with Gasteiger partial charge in [0.1, 0.15) is 53.8 Å². The Morgan fingerprint density at radius 2 is 1.82 bits per heavy atom. The maximum Gasteiger partial charge on any atom is 0.319 e. The van der Waals surface area contributed by atoms with Crippen LogP contribution in [0.5, 0.6) is 11.8 Å². The van der Waals surface area contributed by atoms with Crippen molar-refractivity contribution in [1.82, 2.24) is 29.7 Å². The van der Waals surface area contributed by atoms with Crippen LogP contribution in [0.2, 0.25) is 5.02 Å². The number of nitrogens with two attached hydrogens (primary N) is 1. The number of aryl methyl sites for hydroxylation is 1. The highest BCUT2D eigenvalue weighted by Crippen LogP contribution is 2.48. The van der Waals surface area contributed by atoms with Gasteiger partial charge in [-0.3, -0.25) is 19.3 Å².